The van der Waals surface area contributed by atoms with Gasteiger partial charge in [0.1, 0.15) is 0 Å². The van der Waals surface area contributed by atoms with Gasteiger partial charge in [-0.1, -0.05) is 0 Å². The highest BCUT2D eigenvalue weighted by atomic mass is 32.1. The summed E-state index contributed by atoms with van der Waals surface area (Å²) in [6.45, 7) is 0. The molecule has 0 amide bonds. The van der Waals surface area contributed by atoms with Gasteiger partial charge in [-0.3, -0.25) is 9.59 Å². The lowest BCUT2D eigenvalue weighted by molar-refractivity contribution is -0.138. The van der Waals surface area contributed by atoms with Gasteiger partial charge in [0.15, 0.2) is 10.8 Å². The van der Waals surface area contributed by atoms with Crippen LogP contribution in [0.25, 0.3) is 0 Å². The predicted octanol–water partition coefficient (Wildman–Crippen LogP) is 1.05. The Balaban J connectivity index is 2.06. The molecule has 4 nitrogen and oxygen atoms in total. The summed E-state index contributed by atoms with van der Waals surface area (Å²) in [5.74, 6) is -1.81. The van der Waals surface area contributed by atoms with E-state index in [0.29, 0.717) is 11.4 Å². The highest BCUT2D eigenvalue weighted by Crippen LogP contribution is 2.41. The van der Waals surface area contributed by atoms with Crippen molar-refractivity contribution in [3.05, 3.63) is 16.6 Å². The molecule has 1 N–H and O–H groups in total. The number of thiazole rings is 1. The number of hydrogen-bond acceptors (Lipinski definition) is 4. The van der Waals surface area contributed by atoms with Crippen LogP contribution in [-0.2, 0) is 4.79 Å². The van der Waals surface area contributed by atoms with Gasteiger partial charge in [-0.15, -0.1) is 11.3 Å². The van der Waals surface area contributed by atoms with Crippen LogP contribution < -0.4 is 0 Å². The highest BCUT2D eigenvalue weighted by Gasteiger charge is 2.48. The third kappa shape index (κ3) is 1.47. The van der Waals surface area contributed by atoms with Gasteiger partial charge in [-0.2, -0.15) is 0 Å². The van der Waals surface area contributed by atoms with Crippen LogP contribution >= 0.6 is 11.3 Å². The Morgan fingerprint density at radius 1 is 1.54 bits per heavy atom. The van der Waals surface area contributed by atoms with Gasteiger partial charge in [-0.25, -0.2) is 4.98 Å². The quantitative estimate of drug-likeness (QED) is 0.735. The number of carbonyl (C=O) groups is 2. The highest BCUT2D eigenvalue weighted by molar-refractivity contribution is 7.11. The molecule has 1 aromatic rings. The second-order valence-corrected chi connectivity index (χ2v) is 3.88. The van der Waals surface area contributed by atoms with Crippen molar-refractivity contribution in [3.8, 4) is 0 Å². The van der Waals surface area contributed by atoms with E-state index in [9.17, 15) is 9.59 Å². The van der Waals surface area contributed by atoms with Gasteiger partial charge >= 0.3 is 5.97 Å². The number of hydrogen-bond donors (Lipinski definition) is 1. The Labute approximate surface area is 78.2 Å². The predicted molar refractivity (Wildman–Crippen MR) is 45.7 cm³/mol. The Morgan fingerprint density at radius 2 is 2.31 bits per heavy atom. The average molecular weight is 197 g/mol. The molecule has 0 saturated heterocycles. The minimum Gasteiger partial charge on any atom is -0.481 e. The van der Waals surface area contributed by atoms with Crippen molar-refractivity contribution in [3.63, 3.8) is 0 Å². The van der Waals surface area contributed by atoms with Crippen LogP contribution in [0.4, 0.5) is 0 Å². The molecule has 0 spiro atoms. The van der Waals surface area contributed by atoms with E-state index in [0.717, 1.165) is 0 Å². The molecule has 0 bridgehead atoms. The molecule has 1 heterocycles. The normalized spacial score (nSPS) is 25.5. The summed E-state index contributed by atoms with van der Waals surface area (Å²) in [6, 6.07) is 0. The molecule has 5 heteroatoms. The molecular formula is C8H7NO3S. The average Bonchev–Trinajstić information content (AvgIpc) is 2.72. The Morgan fingerprint density at radius 3 is 2.77 bits per heavy atom. The van der Waals surface area contributed by atoms with E-state index in [4.69, 9.17) is 5.11 Å². The number of carbonyl (C=O) groups excluding carboxylic acids is 1. The monoisotopic (exact) mass is 197 g/mol. The van der Waals surface area contributed by atoms with Crippen molar-refractivity contribution in [2.75, 3.05) is 0 Å². The van der Waals surface area contributed by atoms with Crippen molar-refractivity contribution >= 4 is 23.1 Å². The number of nitrogens with zero attached hydrogens (tertiary/aromatic N) is 1. The van der Waals surface area contributed by atoms with Gasteiger partial charge in [0.05, 0.1) is 5.92 Å². The number of carboxylic acids is 1. The van der Waals surface area contributed by atoms with Gasteiger partial charge in [-0.05, 0) is 6.42 Å². The van der Waals surface area contributed by atoms with Crippen LogP contribution in [0.15, 0.2) is 11.6 Å². The lowest BCUT2D eigenvalue weighted by Gasteiger charge is -1.91. The molecule has 1 saturated carbocycles. The first-order valence-electron chi connectivity index (χ1n) is 3.86. The number of Topliss-reactive ketones (excluding diaryl/α,β-unsaturated/α-hetero) is 1. The van der Waals surface area contributed by atoms with Gasteiger partial charge in [0, 0.05) is 17.5 Å². The number of aromatic nitrogens is 1. The number of rotatable bonds is 3. The zero-order valence-electron chi connectivity index (χ0n) is 6.64. The van der Waals surface area contributed by atoms with Crippen molar-refractivity contribution in [2.24, 2.45) is 11.8 Å². The fourth-order valence-corrected chi connectivity index (χ4v) is 1.90. The minimum atomic E-state index is -0.880. The molecular weight excluding hydrogens is 190 g/mol. The van der Waals surface area contributed by atoms with Gasteiger partial charge < -0.3 is 5.11 Å². The molecule has 2 atom stereocenters. The first kappa shape index (κ1) is 8.37. The minimum absolute atomic E-state index is 0.123. The van der Waals surface area contributed by atoms with E-state index >= 15 is 0 Å². The van der Waals surface area contributed by atoms with Crippen LogP contribution in [0.5, 0.6) is 0 Å². The fraction of sp³-hybridized carbons (Fsp3) is 0.375. The van der Waals surface area contributed by atoms with E-state index < -0.39 is 11.9 Å². The summed E-state index contributed by atoms with van der Waals surface area (Å²) in [5.41, 5.74) is 0. The van der Waals surface area contributed by atoms with E-state index in [2.05, 4.69) is 4.98 Å². The summed E-state index contributed by atoms with van der Waals surface area (Å²) in [4.78, 5) is 25.8. The van der Waals surface area contributed by atoms with Crippen LogP contribution in [-0.4, -0.2) is 21.8 Å². The number of aliphatic carboxylic acids is 1. The molecule has 0 aliphatic heterocycles. The third-order valence-electron chi connectivity index (χ3n) is 2.09. The topological polar surface area (TPSA) is 67.3 Å². The molecule has 1 aliphatic carbocycles. The maximum absolute atomic E-state index is 11.5. The van der Waals surface area contributed by atoms with Crippen molar-refractivity contribution < 1.29 is 14.7 Å². The summed E-state index contributed by atoms with van der Waals surface area (Å²) >= 11 is 1.26. The SMILES string of the molecule is O=C(O)[C@H]1C[C@@H]1C(=O)c1nccs1. The maximum Gasteiger partial charge on any atom is 0.307 e. The third-order valence-corrected chi connectivity index (χ3v) is 2.88. The molecule has 0 aromatic carbocycles. The lowest BCUT2D eigenvalue weighted by Crippen LogP contribution is -2.07. The van der Waals surface area contributed by atoms with Crippen LogP contribution in [0.3, 0.4) is 0 Å². The summed E-state index contributed by atoms with van der Waals surface area (Å²) in [5, 5.41) is 10.7. The summed E-state index contributed by atoms with van der Waals surface area (Å²) in [6.07, 6.45) is 2.02. The van der Waals surface area contributed by atoms with Gasteiger partial charge in [0.25, 0.3) is 0 Å². The molecule has 68 valence electrons. The number of ketones is 1. The molecule has 0 unspecified atom stereocenters. The Bertz CT molecular complexity index is 346. The van der Waals surface area contributed by atoms with E-state index in [1.807, 2.05) is 0 Å². The second kappa shape index (κ2) is 2.92. The van der Waals surface area contributed by atoms with Crippen LogP contribution in [0.2, 0.25) is 0 Å². The van der Waals surface area contributed by atoms with Crippen LogP contribution in [0.1, 0.15) is 16.2 Å². The van der Waals surface area contributed by atoms with E-state index in [1.54, 1.807) is 11.6 Å². The molecule has 1 aromatic heterocycles. The zero-order valence-corrected chi connectivity index (χ0v) is 7.45. The van der Waals surface area contributed by atoms with E-state index in [1.165, 1.54) is 11.3 Å². The van der Waals surface area contributed by atoms with Crippen LogP contribution in [0, 0.1) is 11.8 Å². The molecule has 13 heavy (non-hydrogen) atoms. The lowest BCUT2D eigenvalue weighted by atomic mass is 10.2. The number of carboxylic acid groups (broad SMARTS) is 1. The maximum atomic E-state index is 11.5. The van der Waals surface area contributed by atoms with Crippen molar-refractivity contribution in [1.82, 2.24) is 4.98 Å². The largest absolute Gasteiger partial charge is 0.481 e. The van der Waals surface area contributed by atoms with Crippen molar-refractivity contribution in [2.45, 2.75) is 6.42 Å². The van der Waals surface area contributed by atoms with E-state index in [-0.39, 0.29) is 11.7 Å². The Kier molecular flexibility index (Phi) is 1.88. The molecule has 2 rings (SSSR count). The summed E-state index contributed by atoms with van der Waals surface area (Å²) in [7, 11) is 0. The molecule has 1 fully saturated rings. The Hall–Kier alpha value is -1.23. The smallest absolute Gasteiger partial charge is 0.307 e. The summed E-state index contributed by atoms with van der Waals surface area (Å²) < 4.78 is 0. The standard InChI is InChI=1S/C8H7NO3S/c10-6(7-9-1-2-13-7)4-3-5(4)8(11)12/h1-2,4-5H,3H2,(H,11,12)/t4-,5-/m0/s1. The van der Waals surface area contributed by atoms with Crippen molar-refractivity contribution in [1.29, 1.82) is 0 Å². The first-order valence-corrected chi connectivity index (χ1v) is 4.74. The molecule has 1 aliphatic rings. The second-order valence-electron chi connectivity index (χ2n) is 2.99. The zero-order chi connectivity index (χ0) is 9.42. The fourth-order valence-electron chi connectivity index (χ4n) is 1.26. The first-order chi connectivity index (χ1) is 6.20. The van der Waals surface area contributed by atoms with Gasteiger partial charge in [0.2, 0.25) is 0 Å². The molecule has 0 radical (unpaired) electrons.